The van der Waals surface area contributed by atoms with E-state index in [4.69, 9.17) is 14.5 Å². The Bertz CT molecular complexity index is 1140. The van der Waals surface area contributed by atoms with Gasteiger partial charge in [0, 0.05) is 57.3 Å². The third kappa shape index (κ3) is 4.89. The maximum Gasteiger partial charge on any atom is 0.280 e. The largest absolute Gasteiger partial charge is 0.493 e. The van der Waals surface area contributed by atoms with Crippen molar-refractivity contribution >= 4 is 17.6 Å². The van der Waals surface area contributed by atoms with Crippen molar-refractivity contribution in [2.45, 2.75) is 18.4 Å². The SMILES string of the molecule is COc1cc2c(cc1OC)C1CN(C)CCC1N=C2c1ccc(C(=O)N=C(N(C)C)N(C)C)cc1. The first-order valence-electron chi connectivity index (χ1n) is 11.8. The van der Waals surface area contributed by atoms with Crippen molar-refractivity contribution in [3.63, 3.8) is 0 Å². The highest BCUT2D eigenvalue weighted by Gasteiger charge is 2.36. The molecule has 35 heavy (non-hydrogen) atoms. The van der Waals surface area contributed by atoms with Crippen LogP contribution in [0.1, 0.15) is 39.4 Å². The number of fused-ring (bicyclic) bond motifs is 3. The summed E-state index contributed by atoms with van der Waals surface area (Å²) in [7, 11) is 13.0. The molecule has 8 nitrogen and oxygen atoms in total. The molecule has 2 aliphatic heterocycles. The Labute approximate surface area is 207 Å². The summed E-state index contributed by atoms with van der Waals surface area (Å²) in [6.07, 6.45) is 1.00. The summed E-state index contributed by atoms with van der Waals surface area (Å²) < 4.78 is 11.2. The molecule has 1 amide bonds. The first-order valence-corrected chi connectivity index (χ1v) is 11.8. The standard InChI is InChI=1S/C27H35N5O3/c1-30(2)27(31(3)4)29-26(33)18-10-8-17(9-11-18)25-20-15-24(35-7)23(34-6)14-19(20)21-16-32(5)13-12-22(21)28-25/h8-11,14-15,21-22H,12-13,16H2,1-7H3. The smallest absolute Gasteiger partial charge is 0.280 e. The number of aliphatic imine (C=N–C) groups is 2. The monoisotopic (exact) mass is 477 g/mol. The van der Waals surface area contributed by atoms with Gasteiger partial charge in [-0.1, -0.05) is 12.1 Å². The average molecular weight is 478 g/mol. The Balaban J connectivity index is 1.73. The molecule has 2 atom stereocenters. The highest BCUT2D eigenvalue weighted by atomic mass is 16.5. The summed E-state index contributed by atoms with van der Waals surface area (Å²) in [4.78, 5) is 28.3. The van der Waals surface area contributed by atoms with E-state index in [0.29, 0.717) is 23.2 Å². The third-order valence-corrected chi connectivity index (χ3v) is 6.69. The molecule has 1 fully saturated rings. The summed E-state index contributed by atoms with van der Waals surface area (Å²) in [6.45, 7) is 1.97. The number of benzene rings is 2. The summed E-state index contributed by atoms with van der Waals surface area (Å²) in [5.74, 6) is 2.04. The third-order valence-electron chi connectivity index (χ3n) is 6.69. The van der Waals surface area contributed by atoms with Gasteiger partial charge in [-0.05, 0) is 49.8 Å². The van der Waals surface area contributed by atoms with E-state index < -0.39 is 0 Å². The summed E-state index contributed by atoms with van der Waals surface area (Å²) in [5.41, 5.74) is 4.72. The molecule has 2 aromatic carbocycles. The van der Waals surface area contributed by atoms with Crippen LogP contribution >= 0.6 is 0 Å². The number of hydrogen-bond acceptors (Lipinski definition) is 5. The number of hydrogen-bond donors (Lipinski definition) is 0. The molecular weight excluding hydrogens is 442 g/mol. The maximum absolute atomic E-state index is 12.8. The molecule has 2 aromatic rings. The van der Waals surface area contributed by atoms with Crippen molar-refractivity contribution in [3.8, 4) is 11.5 Å². The van der Waals surface area contributed by atoms with Crippen molar-refractivity contribution in [2.24, 2.45) is 9.98 Å². The second-order valence-electron chi connectivity index (χ2n) is 9.58. The van der Waals surface area contributed by atoms with Gasteiger partial charge in [0.25, 0.3) is 5.91 Å². The number of carbonyl (C=O) groups excluding carboxylic acids is 1. The van der Waals surface area contributed by atoms with Gasteiger partial charge in [0.1, 0.15) is 0 Å². The van der Waals surface area contributed by atoms with Crippen molar-refractivity contribution in [1.29, 1.82) is 0 Å². The lowest BCUT2D eigenvalue weighted by molar-refractivity contribution is 0.0999. The molecule has 0 radical (unpaired) electrons. The van der Waals surface area contributed by atoms with Crippen molar-refractivity contribution in [2.75, 3.05) is 62.5 Å². The predicted molar refractivity (Wildman–Crippen MR) is 139 cm³/mol. The fourth-order valence-electron chi connectivity index (χ4n) is 4.96. The molecule has 0 N–H and O–H groups in total. The maximum atomic E-state index is 12.8. The number of methoxy groups -OCH3 is 2. The van der Waals surface area contributed by atoms with Crippen LogP contribution in [-0.4, -0.2) is 101 Å². The van der Waals surface area contributed by atoms with Gasteiger partial charge < -0.3 is 24.2 Å². The van der Waals surface area contributed by atoms with Crippen LogP contribution in [-0.2, 0) is 0 Å². The topological polar surface area (TPSA) is 70.0 Å². The number of guanidine groups is 1. The van der Waals surface area contributed by atoms with E-state index in [-0.39, 0.29) is 11.9 Å². The fourth-order valence-corrected chi connectivity index (χ4v) is 4.96. The number of nitrogens with zero attached hydrogens (tertiary/aromatic N) is 5. The van der Waals surface area contributed by atoms with Crippen LogP contribution in [0.4, 0.5) is 0 Å². The van der Waals surface area contributed by atoms with Gasteiger partial charge in [-0.2, -0.15) is 4.99 Å². The second kappa shape index (κ2) is 10.1. The predicted octanol–water partition coefficient (Wildman–Crippen LogP) is 2.96. The zero-order valence-electron chi connectivity index (χ0n) is 21.7. The van der Waals surface area contributed by atoms with Gasteiger partial charge in [0.05, 0.1) is 26.0 Å². The molecule has 2 unspecified atom stereocenters. The average Bonchev–Trinajstić information content (AvgIpc) is 2.85. The molecule has 0 spiro atoms. The Morgan fingerprint density at radius 1 is 1.03 bits per heavy atom. The van der Waals surface area contributed by atoms with E-state index in [0.717, 1.165) is 42.1 Å². The highest BCUT2D eigenvalue weighted by Crippen LogP contribution is 2.42. The molecular formula is C27H35N5O3. The van der Waals surface area contributed by atoms with Gasteiger partial charge >= 0.3 is 0 Å². The van der Waals surface area contributed by atoms with Crippen LogP contribution in [0.15, 0.2) is 46.4 Å². The molecule has 0 saturated carbocycles. The molecule has 0 bridgehead atoms. The summed E-state index contributed by atoms with van der Waals surface area (Å²) in [5, 5.41) is 0. The van der Waals surface area contributed by atoms with Crippen molar-refractivity contribution in [1.82, 2.24) is 14.7 Å². The lowest BCUT2D eigenvalue weighted by Gasteiger charge is -2.39. The highest BCUT2D eigenvalue weighted by molar-refractivity contribution is 6.15. The number of likely N-dealkylation sites (tertiary alicyclic amines) is 1. The van der Waals surface area contributed by atoms with Crippen LogP contribution in [0.3, 0.4) is 0 Å². The molecule has 4 rings (SSSR count). The minimum absolute atomic E-state index is 0.209. The normalized spacial score (nSPS) is 19.1. The van der Waals surface area contributed by atoms with Crippen LogP contribution < -0.4 is 9.47 Å². The fraction of sp³-hybridized carbons (Fsp3) is 0.444. The van der Waals surface area contributed by atoms with E-state index >= 15 is 0 Å². The van der Waals surface area contributed by atoms with E-state index in [1.165, 1.54) is 5.56 Å². The minimum Gasteiger partial charge on any atom is -0.493 e. The minimum atomic E-state index is -0.276. The first-order chi connectivity index (χ1) is 16.7. The summed E-state index contributed by atoms with van der Waals surface area (Å²) >= 11 is 0. The van der Waals surface area contributed by atoms with Crippen LogP contribution in [0.2, 0.25) is 0 Å². The number of rotatable bonds is 4. The molecule has 2 heterocycles. The van der Waals surface area contributed by atoms with E-state index in [2.05, 4.69) is 23.0 Å². The lowest BCUT2D eigenvalue weighted by Crippen LogP contribution is -2.41. The van der Waals surface area contributed by atoms with Crippen molar-refractivity contribution < 1.29 is 14.3 Å². The summed E-state index contributed by atoms with van der Waals surface area (Å²) in [6, 6.07) is 11.9. The molecule has 2 aliphatic rings. The Kier molecular flexibility index (Phi) is 7.12. The van der Waals surface area contributed by atoms with Gasteiger partial charge in [0.2, 0.25) is 5.96 Å². The molecule has 0 aromatic heterocycles. The van der Waals surface area contributed by atoms with Crippen LogP contribution in [0.25, 0.3) is 0 Å². The Morgan fingerprint density at radius 3 is 2.26 bits per heavy atom. The van der Waals surface area contributed by atoms with Gasteiger partial charge in [-0.15, -0.1) is 0 Å². The van der Waals surface area contributed by atoms with Gasteiger partial charge in [-0.25, -0.2) is 0 Å². The van der Waals surface area contributed by atoms with Gasteiger partial charge in [0.15, 0.2) is 11.5 Å². The quantitative estimate of drug-likeness (QED) is 0.498. The number of amides is 1. The zero-order chi connectivity index (χ0) is 25.3. The molecule has 1 saturated heterocycles. The number of carbonyl (C=O) groups is 1. The van der Waals surface area contributed by atoms with Crippen molar-refractivity contribution in [3.05, 3.63) is 58.7 Å². The Morgan fingerprint density at radius 2 is 1.66 bits per heavy atom. The van der Waals surface area contributed by atoms with Crippen LogP contribution in [0.5, 0.6) is 11.5 Å². The molecule has 186 valence electrons. The number of likely N-dealkylation sites (N-methyl/N-ethyl adjacent to an activating group) is 1. The first kappa shape index (κ1) is 24.7. The van der Waals surface area contributed by atoms with Gasteiger partial charge in [-0.3, -0.25) is 9.79 Å². The van der Waals surface area contributed by atoms with Crippen LogP contribution in [0, 0.1) is 0 Å². The second-order valence-corrected chi connectivity index (χ2v) is 9.58. The van der Waals surface area contributed by atoms with E-state index in [1.807, 2.05) is 68.3 Å². The van der Waals surface area contributed by atoms with E-state index in [1.54, 1.807) is 14.2 Å². The number of piperidine rings is 1. The van der Waals surface area contributed by atoms with E-state index in [9.17, 15) is 4.79 Å². The number of ether oxygens (including phenoxy) is 2. The zero-order valence-corrected chi connectivity index (χ0v) is 21.7. The lowest BCUT2D eigenvalue weighted by atomic mass is 9.79. The molecule has 0 aliphatic carbocycles. The Hall–Kier alpha value is -3.39. The molecule has 8 heteroatoms.